The standard InChI is InChI=1S/C28H24/c1-2-22-7-15-26(16-8-22)28-19-11-24(12-20-28)4-3-23-9-17-27(18-10-23)25-13-5-21(1)6-14-25/h5-20H,1-4H2. The van der Waals surface area contributed by atoms with Crippen LogP contribution in [0.25, 0.3) is 22.3 Å². The van der Waals surface area contributed by atoms with Gasteiger partial charge in [0.05, 0.1) is 0 Å². The third kappa shape index (κ3) is 3.64. The Bertz CT molecular complexity index is 869. The second-order valence-electron chi connectivity index (χ2n) is 7.79. The van der Waals surface area contributed by atoms with Crippen LogP contribution < -0.4 is 0 Å². The molecule has 0 saturated heterocycles. The minimum atomic E-state index is 1.08. The van der Waals surface area contributed by atoms with E-state index in [1.54, 1.807) is 0 Å². The van der Waals surface area contributed by atoms with E-state index in [9.17, 15) is 0 Å². The van der Waals surface area contributed by atoms with Gasteiger partial charge in [-0.25, -0.2) is 0 Å². The van der Waals surface area contributed by atoms with Crippen LogP contribution in [0.5, 0.6) is 0 Å². The van der Waals surface area contributed by atoms with Crippen molar-refractivity contribution in [1.29, 1.82) is 0 Å². The molecule has 0 radical (unpaired) electrons. The van der Waals surface area contributed by atoms with Crippen LogP contribution in [-0.4, -0.2) is 0 Å². The molecule has 10 aliphatic carbocycles. The number of aryl methyl sites for hydroxylation is 4. The van der Waals surface area contributed by atoms with E-state index in [-0.39, 0.29) is 0 Å². The molecule has 10 aliphatic rings. The quantitative estimate of drug-likeness (QED) is 0.320. The van der Waals surface area contributed by atoms with E-state index in [2.05, 4.69) is 97.1 Å². The van der Waals surface area contributed by atoms with Gasteiger partial charge in [0.25, 0.3) is 0 Å². The minimum Gasteiger partial charge on any atom is -0.0584 e. The largest absolute Gasteiger partial charge is 0.0584 e. The van der Waals surface area contributed by atoms with E-state index in [1.807, 2.05) is 0 Å². The lowest BCUT2D eigenvalue weighted by atomic mass is 9.96. The molecule has 0 spiro atoms. The van der Waals surface area contributed by atoms with Crippen LogP contribution in [0.1, 0.15) is 22.3 Å². The highest BCUT2D eigenvalue weighted by Crippen LogP contribution is 2.24. The van der Waals surface area contributed by atoms with E-state index < -0.39 is 0 Å². The Morgan fingerprint density at radius 1 is 0.250 bits per heavy atom. The Hall–Kier alpha value is -3.12. The summed E-state index contributed by atoms with van der Waals surface area (Å²) in [5.41, 5.74) is 10.8. The maximum atomic E-state index is 2.27. The molecule has 4 aromatic rings. The van der Waals surface area contributed by atoms with Gasteiger partial charge in [0, 0.05) is 0 Å². The summed E-state index contributed by atoms with van der Waals surface area (Å²) in [7, 11) is 0. The molecule has 0 unspecified atom stereocenters. The molecule has 0 amide bonds. The van der Waals surface area contributed by atoms with Crippen LogP contribution in [0.4, 0.5) is 0 Å². The average Bonchev–Trinajstić information content (AvgIpc) is 2.77. The highest BCUT2D eigenvalue weighted by Gasteiger charge is 2.04. The van der Waals surface area contributed by atoms with Crippen LogP contribution in [-0.2, 0) is 25.7 Å². The summed E-state index contributed by atoms with van der Waals surface area (Å²) in [6, 6.07) is 36.3. The van der Waals surface area contributed by atoms with Gasteiger partial charge in [-0.3, -0.25) is 0 Å². The van der Waals surface area contributed by atoms with Crippen LogP contribution in [0.2, 0.25) is 0 Å². The summed E-state index contributed by atoms with van der Waals surface area (Å²) >= 11 is 0. The van der Waals surface area contributed by atoms with E-state index in [1.165, 1.54) is 44.5 Å². The van der Waals surface area contributed by atoms with Gasteiger partial charge in [-0.1, -0.05) is 97.1 Å². The van der Waals surface area contributed by atoms with Crippen LogP contribution >= 0.6 is 0 Å². The molecule has 8 bridgehead atoms. The summed E-state index contributed by atoms with van der Waals surface area (Å²) in [5, 5.41) is 0. The second kappa shape index (κ2) is 7.48. The molecule has 0 fully saturated rings. The SMILES string of the molecule is c1cc2ccc1CCc1ccc(cc1)-c1ccc(cc1)CCc1ccc-2cc1. The number of hydrogen-bond donors (Lipinski definition) is 0. The first-order valence-electron chi connectivity index (χ1n) is 10.2. The van der Waals surface area contributed by atoms with Crippen molar-refractivity contribution in [2.75, 3.05) is 0 Å². The molecule has 0 aliphatic heterocycles. The highest BCUT2D eigenvalue weighted by atomic mass is 14.1. The van der Waals surface area contributed by atoms with Gasteiger partial charge >= 0.3 is 0 Å². The first kappa shape index (κ1) is 17.0. The lowest BCUT2D eigenvalue weighted by Crippen LogP contribution is -1.93. The van der Waals surface area contributed by atoms with Gasteiger partial charge in [-0.05, 0) is 70.2 Å². The lowest BCUT2D eigenvalue weighted by molar-refractivity contribution is 0.958. The predicted octanol–water partition coefficient (Wildman–Crippen LogP) is 6.90. The third-order valence-corrected chi connectivity index (χ3v) is 5.89. The molecule has 0 N–H and O–H groups in total. The van der Waals surface area contributed by atoms with Gasteiger partial charge in [0.2, 0.25) is 0 Å². The van der Waals surface area contributed by atoms with Crippen LogP contribution in [0.3, 0.4) is 0 Å². The van der Waals surface area contributed by atoms with Gasteiger partial charge < -0.3 is 0 Å². The van der Waals surface area contributed by atoms with Crippen molar-refractivity contribution in [3.05, 3.63) is 119 Å². The van der Waals surface area contributed by atoms with Crippen molar-refractivity contribution in [2.45, 2.75) is 25.7 Å². The Morgan fingerprint density at radius 2 is 0.429 bits per heavy atom. The maximum absolute atomic E-state index is 2.27. The number of hydrogen-bond acceptors (Lipinski definition) is 0. The first-order valence-corrected chi connectivity index (χ1v) is 10.2. The van der Waals surface area contributed by atoms with Crippen molar-refractivity contribution in [1.82, 2.24) is 0 Å². The molecule has 28 heavy (non-hydrogen) atoms. The number of rotatable bonds is 0. The molecule has 0 aromatic heterocycles. The molecule has 136 valence electrons. The zero-order valence-electron chi connectivity index (χ0n) is 16.1. The molecule has 0 heterocycles. The maximum Gasteiger partial charge on any atom is -0.0184 e. The van der Waals surface area contributed by atoms with Crippen molar-refractivity contribution >= 4 is 0 Å². The summed E-state index contributed by atoms with van der Waals surface area (Å²) < 4.78 is 0. The smallest absolute Gasteiger partial charge is 0.0184 e. The molecule has 0 nitrogen and oxygen atoms in total. The third-order valence-electron chi connectivity index (χ3n) is 5.89. The van der Waals surface area contributed by atoms with Gasteiger partial charge in [-0.15, -0.1) is 0 Å². The normalized spacial score (nSPS) is 13.1. The van der Waals surface area contributed by atoms with Crippen LogP contribution in [0.15, 0.2) is 97.1 Å². The van der Waals surface area contributed by atoms with Crippen molar-refractivity contribution < 1.29 is 0 Å². The molecule has 4 aromatic carbocycles. The topological polar surface area (TPSA) is 0 Å². The zero-order valence-corrected chi connectivity index (χ0v) is 16.1. The fraction of sp³-hybridized carbons (Fsp3) is 0.143. The van der Waals surface area contributed by atoms with E-state index in [0.717, 1.165) is 25.7 Å². The molecule has 0 saturated carbocycles. The second-order valence-corrected chi connectivity index (χ2v) is 7.79. The monoisotopic (exact) mass is 360 g/mol. The highest BCUT2D eigenvalue weighted by molar-refractivity contribution is 5.65. The average molecular weight is 361 g/mol. The van der Waals surface area contributed by atoms with Gasteiger partial charge in [-0.2, -0.15) is 0 Å². The predicted molar refractivity (Wildman–Crippen MR) is 119 cm³/mol. The van der Waals surface area contributed by atoms with Crippen molar-refractivity contribution in [3.8, 4) is 22.3 Å². The lowest BCUT2D eigenvalue weighted by Gasteiger charge is -2.09. The van der Waals surface area contributed by atoms with E-state index in [0.29, 0.717) is 0 Å². The van der Waals surface area contributed by atoms with Crippen molar-refractivity contribution in [3.63, 3.8) is 0 Å². The number of benzene rings is 4. The fourth-order valence-electron chi connectivity index (χ4n) is 4.03. The molecule has 0 atom stereocenters. The minimum absolute atomic E-state index is 1.08. The fourth-order valence-corrected chi connectivity index (χ4v) is 4.03. The van der Waals surface area contributed by atoms with E-state index >= 15 is 0 Å². The zero-order chi connectivity index (χ0) is 18.8. The first-order chi connectivity index (χ1) is 13.8. The summed E-state index contributed by atoms with van der Waals surface area (Å²) in [6.07, 6.45) is 4.31. The summed E-state index contributed by atoms with van der Waals surface area (Å²) in [5.74, 6) is 0. The Morgan fingerprint density at radius 3 is 0.607 bits per heavy atom. The van der Waals surface area contributed by atoms with Crippen molar-refractivity contribution in [2.24, 2.45) is 0 Å². The Kier molecular flexibility index (Phi) is 4.54. The summed E-state index contributed by atoms with van der Waals surface area (Å²) in [6.45, 7) is 0. The Labute approximate surface area is 167 Å². The molecule has 0 heteroatoms. The van der Waals surface area contributed by atoms with Crippen LogP contribution in [0, 0.1) is 0 Å². The molecular weight excluding hydrogens is 336 g/mol. The van der Waals surface area contributed by atoms with Gasteiger partial charge in [0.1, 0.15) is 0 Å². The Balaban J connectivity index is 1.51. The summed E-state index contributed by atoms with van der Waals surface area (Å²) in [4.78, 5) is 0. The molecular formula is C28H24. The van der Waals surface area contributed by atoms with E-state index in [4.69, 9.17) is 0 Å². The van der Waals surface area contributed by atoms with Gasteiger partial charge in [0.15, 0.2) is 0 Å². The molecule has 14 rings (SSSR count).